The molecule has 2 aromatic heterocycles. The Morgan fingerprint density at radius 1 is 0.833 bits per heavy atom. The standard InChI is InChI=1S/C30H36Cl2N4O6/c1-3-5-7-19-15-23(35-41-19)25-21(31)13-17-9-11-29(25,33-17)39-27(37)28(38)40-30-12-10-18(34-30)14-22(32)26(30)24-16-20(42-36-24)8-6-4-2/h15-18,33-34H,3-14H2,1-2H3. The number of hydrogen-bond donors (Lipinski definition) is 2. The molecule has 0 radical (unpaired) electrons. The summed E-state index contributed by atoms with van der Waals surface area (Å²) in [6.45, 7) is 4.20. The highest BCUT2D eigenvalue weighted by Gasteiger charge is 2.55. The van der Waals surface area contributed by atoms with Gasteiger partial charge >= 0.3 is 11.9 Å². The Morgan fingerprint density at radius 3 is 1.67 bits per heavy atom. The number of esters is 2. The van der Waals surface area contributed by atoms with Gasteiger partial charge in [-0.1, -0.05) is 60.2 Å². The molecule has 6 heterocycles. The highest BCUT2D eigenvalue weighted by Crippen LogP contribution is 2.48. The van der Waals surface area contributed by atoms with E-state index in [0.717, 1.165) is 50.0 Å². The number of fused-ring (bicyclic) bond motifs is 4. The first-order valence-corrected chi connectivity index (χ1v) is 15.7. The summed E-state index contributed by atoms with van der Waals surface area (Å²) in [5, 5.41) is 16.3. The minimum absolute atomic E-state index is 0.00754. The van der Waals surface area contributed by atoms with Crippen LogP contribution in [0.15, 0.2) is 31.2 Å². The Kier molecular flexibility index (Phi) is 8.26. The molecule has 0 aromatic carbocycles. The van der Waals surface area contributed by atoms with Gasteiger partial charge in [-0.3, -0.25) is 10.6 Å². The van der Waals surface area contributed by atoms with Crippen LogP contribution in [0.2, 0.25) is 0 Å². The third-order valence-electron chi connectivity index (χ3n) is 8.65. The van der Waals surface area contributed by atoms with Crippen molar-refractivity contribution in [3.63, 3.8) is 0 Å². The fourth-order valence-corrected chi connectivity index (χ4v) is 7.50. The molecule has 2 fully saturated rings. The van der Waals surface area contributed by atoms with Crippen molar-refractivity contribution in [3.05, 3.63) is 45.1 Å². The van der Waals surface area contributed by atoms with E-state index in [-0.39, 0.29) is 12.1 Å². The molecule has 0 saturated carbocycles. The van der Waals surface area contributed by atoms with Crippen molar-refractivity contribution in [1.82, 2.24) is 20.9 Å². The van der Waals surface area contributed by atoms with Gasteiger partial charge in [-0.15, -0.1) is 0 Å². The number of ether oxygens (including phenoxy) is 2. The molecule has 4 aliphatic heterocycles. The van der Waals surface area contributed by atoms with Crippen molar-refractivity contribution in [1.29, 1.82) is 0 Å². The topological polar surface area (TPSA) is 129 Å². The van der Waals surface area contributed by atoms with E-state index in [1.54, 1.807) is 0 Å². The second kappa shape index (κ2) is 11.8. The Balaban J connectivity index is 1.24. The molecule has 0 spiro atoms. The molecule has 4 unspecified atom stereocenters. The number of carbonyl (C=O) groups excluding carboxylic acids is 2. The van der Waals surface area contributed by atoms with Gasteiger partial charge in [0.2, 0.25) is 0 Å². The molecule has 6 rings (SSSR count). The van der Waals surface area contributed by atoms with Crippen LogP contribution in [0.3, 0.4) is 0 Å². The van der Waals surface area contributed by atoms with Crippen LogP contribution in [-0.2, 0) is 31.9 Å². The smallest absolute Gasteiger partial charge is 0.419 e. The zero-order valence-electron chi connectivity index (χ0n) is 23.9. The molecule has 42 heavy (non-hydrogen) atoms. The summed E-state index contributed by atoms with van der Waals surface area (Å²) in [6, 6.07) is 3.68. The maximum atomic E-state index is 13.5. The van der Waals surface area contributed by atoms with E-state index in [2.05, 4.69) is 34.8 Å². The number of aromatic nitrogens is 2. The van der Waals surface area contributed by atoms with Gasteiger partial charge in [0.15, 0.2) is 11.4 Å². The van der Waals surface area contributed by atoms with Crippen LogP contribution in [0.5, 0.6) is 0 Å². The molecule has 4 atom stereocenters. The fourth-order valence-electron chi connectivity index (χ4n) is 6.63. The molecule has 4 bridgehead atoms. The molecule has 4 aliphatic rings. The van der Waals surface area contributed by atoms with E-state index in [9.17, 15) is 9.59 Å². The highest BCUT2D eigenvalue weighted by molar-refractivity contribution is 6.34. The lowest BCUT2D eigenvalue weighted by Gasteiger charge is -2.37. The van der Waals surface area contributed by atoms with Crippen LogP contribution in [0.1, 0.15) is 101 Å². The van der Waals surface area contributed by atoms with Crippen LogP contribution in [-0.4, -0.2) is 45.8 Å². The number of hydrogen-bond acceptors (Lipinski definition) is 10. The Labute approximate surface area is 254 Å². The van der Waals surface area contributed by atoms with E-state index < -0.39 is 23.4 Å². The molecule has 0 aliphatic carbocycles. The number of carbonyl (C=O) groups is 2. The second-order valence-electron chi connectivity index (χ2n) is 11.7. The molecule has 2 saturated heterocycles. The lowest BCUT2D eigenvalue weighted by atomic mass is 9.95. The number of nitrogens with one attached hydrogen (secondary N) is 2. The maximum Gasteiger partial charge on any atom is 0.419 e. The summed E-state index contributed by atoms with van der Waals surface area (Å²) >= 11 is 13.5. The van der Waals surface area contributed by atoms with Crippen LogP contribution in [0.25, 0.3) is 11.1 Å². The summed E-state index contributed by atoms with van der Waals surface area (Å²) in [6.07, 6.45) is 8.85. The van der Waals surface area contributed by atoms with E-state index in [4.69, 9.17) is 41.7 Å². The average Bonchev–Trinajstić information content (AvgIpc) is 3.74. The summed E-state index contributed by atoms with van der Waals surface area (Å²) in [4.78, 5) is 26.9. The first-order chi connectivity index (χ1) is 20.3. The van der Waals surface area contributed by atoms with Crippen LogP contribution >= 0.6 is 23.2 Å². The molecular weight excluding hydrogens is 583 g/mol. The van der Waals surface area contributed by atoms with Crippen LogP contribution in [0.4, 0.5) is 0 Å². The minimum atomic E-state index is -1.32. The van der Waals surface area contributed by atoms with Crippen molar-refractivity contribution in [2.45, 2.75) is 114 Å². The first-order valence-electron chi connectivity index (χ1n) is 15.0. The molecule has 10 nitrogen and oxygen atoms in total. The summed E-state index contributed by atoms with van der Waals surface area (Å²) in [5.41, 5.74) is -0.609. The quantitative estimate of drug-likeness (QED) is 0.251. The predicted molar refractivity (Wildman–Crippen MR) is 155 cm³/mol. The number of unbranched alkanes of at least 4 members (excludes halogenated alkanes) is 2. The van der Waals surface area contributed by atoms with Gasteiger partial charge in [-0.05, 0) is 38.5 Å². The lowest BCUT2D eigenvalue weighted by molar-refractivity contribution is -0.182. The summed E-state index contributed by atoms with van der Waals surface area (Å²) in [7, 11) is 0. The normalized spacial score (nSPS) is 28.5. The minimum Gasteiger partial charge on any atom is -0.431 e. The second-order valence-corrected chi connectivity index (χ2v) is 12.6. The monoisotopic (exact) mass is 618 g/mol. The summed E-state index contributed by atoms with van der Waals surface area (Å²) < 4.78 is 23.0. The van der Waals surface area contributed by atoms with Crippen LogP contribution in [0, 0.1) is 0 Å². The Morgan fingerprint density at radius 2 is 1.26 bits per heavy atom. The fraction of sp³-hybridized carbons (Fsp3) is 0.600. The largest absolute Gasteiger partial charge is 0.431 e. The zero-order valence-corrected chi connectivity index (χ0v) is 25.4. The van der Waals surface area contributed by atoms with Crippen molar-refractivity contribution >= 4 is 46.3 Å². The number of halogens is 2. The van der Waals surface area contributed by atoms with E-state index >= 15 is 0 Å². The number of aryl methyl sites for hydroxylation is 2. The van der Waals surface area contributed by atoms with Gasteiger partial charge in [-0.25, -0.2) is 9.59 Å². The van der Waals surface area contributed by atoms with Crippen molar-refractivity contribution in [2.24, 2.45) is 0 Å². The van der Waals surface area contributed by atoms with Gasteiger partial charge in [-0.2, -0.15) is 0 Å². The van der Waals surface area contributed by atoms with E-state index in [1.165, 1.54) is 0 Å². The molecule has 12 heteroatoms. The number of rotatable bonds is 10. The molecule has 226 valence electrons. The molecule has 0 amide bonds. The van der Waals surface area contributed by atoms with Crippen molar-refractivity contribution in [3.8, 4) is 0 Å². The molecule has 2 aromatic rings. The number of nitrogens with zero attached hydrogens (tertiary/aromatic N) is 2. The zero-order chi connectivity index (χ0) is 29.5. The van der Waals surface area contributed by atoms with E-state index in [1.807, 2.05) is 12.1 Å². The first kappa shape index (κ1) is 29.4. The predicted octanol–water partition coefficient (Wildman–Crippen LogP) is 5.74. The Bertz CT molecular complexity index is 1330. The third-order valence-corrected chi connectivity index (χ3v) is 9.34. The average molecular weight is 620 g/mol. The van der Waals surface area contributed by atoms with Crippen molar-refractivity contribution < 1.29 is 28.1 Å². The van der Waals surface area contributed by atoms with Crippen molar-refractivity contribution in [2.75, 3.05) is 0 Å². The lowest BCUT2D eigenvalue weighted by Crippen LogP contribution is -2.54. The molecule has 2 N–H and O–H groups in total. The van der Waals surface area contributed by atoms with Gasteiger partial charge in [0.1, 0.15) is 22.9 Å². The summed E-state index contributed by atoms with van der Waals surface area (Å²) in [5.74, 6) is -0.813. The Hall–Kier alpha value is -2.66. The van der Waals surface area contributed by atoms with Gasteiger partial charge in [0, 0.05) is 60.0 Å². The molecular formula is C30H36Cl2N4O6. The highest BCUT2D eigenvalue weighted by atomic mass is 35.5. The SMILES string of the molecule is CCCCc1cc(C2=C(Cl)CC3CCC2(OC(=O)C(=O)OC24CCC(CC(Cl)=C2c2cc(CCCC)on2)N4)N3)no1. The van der Waals surface area contributed by atoms with Gasteiger partial charge in [0.25, 0.3) is 0 Å². The van der Waals surface area contributed by atoms with Crippen LogP contribution < -0.4 is 10.6 Å². The van der Waals surface area contributed by atoms with E-state index in [0.29, 0.717) is 71.1 Å². The maximum absolute atomic E-state index is 13.5. The van der Waals surface area contributed by atoms with Gasteiger partial charge in [0.05, 0.1) is 11.1 Å². The van der Waals surface area contributed by atoms with Gasteiger partial charge < -0.3 is 18.5 Å². The third kappa shape index (κ3) is 5.42.